The van der Waals surface area contributed by atoms with E-state index in [0.29, 0.717) is 25.3 Å². The Kier molecular flexibility index (Phi) is 7.44. The van der Waals surface area contributed by atoms with E-state index in [1.165, 1.54) is 5.56 Å². The normalized spacial score (nSPS) is 15.8. The van der Waals surface area contributed by atoms with E-state index in [0.717, 1.165) is 67.1 Å². The first-order valence-corrected chi connectivity index (χ1v) is 13.1. The maximum absolute atomic E-state index is 13.2. The number of anilines is 3. The third-order valence-corrected chi connectivity index (χ3v) is 7.32. The number of hydrogen-bond acceptors (Lipinski definition) is 6. The molecule has 3 aromatic rings. The van der Waals surface area contributed by atoms with Gasteiger partial charge in [-0.3, -0.25) is 0 Å². The van der Waals surface area contributed by atoms with Gasteiger partial charge in [0.1, 0.15) is 11.6 Å². The molecule has 1 fully saturated rings. The molecule has 1 aromatic heterocycles. The SMILES string of the molecule is COc1cccc(NC(=O)N2CCc3nc(N(C)Cc4ccccc4)nc(N4CCC(C)CC4)c3C2)c1. The molecule has 5 rings (SSSR count). The molecule has 2 amide bonds. The van der Waals surface area contributed by atoms with Crippen LogP contribution in [0.25, 0.3) is 0 Å². The predicted molar refractivity (Wildman–Crippen MR) is 147 cm³/mol. The molecule has 0 spiro atoms. The molecule has 3 heterocycles. The van der Waals surface area contributed by atoms with Crippen LogP contribution in [0.4, 0.5) is 22.2 Å². The fourth-order valence-electron chi connectivity index (χ4n) is 5.04. The Morgan fingerprint density at radius 3 is 2.62 bits per heavy atom. The van der Waals surface area contributed by atoms with E-state index in [4.69, 9.17) is 14.7 Å². The van der Waals surface area contributed by atoms with E-state index >= 15 is 0 Å². The number of methoxy groups -OCH3 is 1. The number of hydrogen-bond donors (Lipinski definition) is 1. The van der Waals surface area contributed by atoms with Crippen LogP contribution in [-0.2, 0) is 19.5 Å². The molecule has 1 N–H and O–H groups in total. The lowest BCUT2D eigenvalue weighted by molar-refractivity contribution is 0.206. The number of rotatable bonds is 6. The van der Waals surface area contributed by atoms with Crippen molar-refractivity contribution in [1.29, 1.82) is 0 Å². The number of carbonyl (C=O) groups excluding carboxylic acids is 1. The second-order valence-corrected chi connectivity index (χ2v) is 10.1. The molecule has 2 aliphatic heterocycles. The van der Waals surface area contributed by atoms with E-state index in [1.54, 1.807) is 7.11 Å². The van der Waals surface area contributed by atoms with Crippen molar-refractivity contribution in [1.82, 2.24) is 14.9 Å². The van der Waals surface area contributed by atoms with Crippen molar-refractivity contribution in [3.8, 4) is 5.75 Å². The van der Waals surface area contributed by atoms with Crippen LogP contribution in [0.5, 0.6) is 5.75 Å². The highest BCUT2D eigenvalue weighted by molar-refractivity contribution is 5.89. The highest BCUT2D eigenvalue weighted by Crippen LogP contribution is 2.32. The molecular formula is C29H36N6O2. The summed E-state index contributed by atoms with van der Waals surface area (Å²) in [5.74, 6) is 3.15. The average Bonchev–Trinajstić information content (AvgIpc) is 2.93. The Hall–Kier alpha value is -3.81. The molecule has 0 saturated carbocycles. The minimum atomic E-state index is -0.123. The van der Waals surface area contributed by atoms with Crippen molar-refractivity contribution in [3.05, 3.63) is 71.4 Å². The Labute approximate surface area is 219 Å². The minimum Gasteiger partial charge on any atom is -0.497 e. The van der Waals surface area contributed by atoms with Crippen LogP contribution in [0, 0.1) is 5.92 Å². The van der Waals surface area contributed by atoms with Gasteiger partial charge < -0.3 is 24.8 Å². The minimum absolute atomic E-state index is 0.123. The summed E-state index contributed by atoms with van der Waals surface area (Å²) in [7, 11) is 3.67. The zero-order valence-electron chi connectivity index (χ0n) is 22.0. The van der Waals surface area contributed by atoms with Gasteiger partial charge in [-0.2, -0.15) is 4.98 Å². The summed E-state index contributed by atoms with van der Waals surface area (Å²) >= 11 is 0. The van der Waals surface area contributed by atoms with Gasteiger partial charge in [0.05, 0.1) is 19.3 Å². The third kappa shape index (κ3) is 5.79. The van der Waals surface area contributed by atoms with Crippen molar-refractivity contribution >= 4 is 23.5 Å². The van der Waals surface area contributed by atoms with Gasteiger partial charge in [0.25, 0.3) is 0 Å². The highest BCUT2D eigenvalue weighted by Gasteiger charge is 2.29. The topological polar surface area (TPSA) is 73.8 Å². The summed E-state index contributed by atoms with van der Waals surface area (Å²) in [6.45, 7) is 6.11. The predicted octanol–water partition coefficient (Wildman–Crippen LogP) is 4.95. The van der Waals surface area contributed by atoms with E-state index in [2.05, 4.69) is 46.3 Å². The Bertz CT molecular complexity index is 1230. The zero-order chi connectivity index (χ0) is 25.8. The van der Waals surface area contributed by atoms with E-state index in [-0.39, 0.29) is 6.03 Å². The molecule has 194 valence electrons. The molecule has 0 atom stereocenters. The number of nitrogens with zero attached hydrogens (tertiary/aromatic N) is 5. The first-order chi connectivity index (χ1) is 18.0. The van der Waals surface area contributed by atoms with Crippen molar-refractivity contribution in [2.75, 3.05) is 48.9 Å². The number of nitrogens with one attached hydrogen (secondary N) is 1. The number of ether oxygens (including phenoxy) is 1. The second kappa shape index (κ2) is 11.1. The van der Waals surface area contributed by atoms with Crippen LogP contribution in [0.1, 0.15) is 36.6 Å². The van der Waals surface area contributed by atoms with Gasteiger partial charge in [-0.1, -0.05) is 43.3 Å². The molecule has 2 aromatic carbocycles. The fourth-order valence-corrected chi connectivity index (χ4v) is 5.04. The fraction of sp³-hybridized carbons (Fsp3) is 0.414. The van der Waals surface area contributed by atoms with E-state index < -0.39 is 0 Å². The Morgan fingerprint density at radius 2 is 1.86 bits per heavy atom. The van der Waals surface area contributed by atoms with Crippen LogP contribution in [-0.4, -0.2) is 54.7 Å². The lowest BCUT2D eigenvalue weighted by atomic mass is 9.98. The molecular weight excluding hydrogens is 464 g/mol. The highest BCUT2D eigenvalue weighted by atomic mass is 16.5. The summed E-state index contributed by atoms with van der Waals surface area (Å²) in [4.78, 5) is 29.7. The smallest absolute Gasteiger partial charge is 0.322 e. The number of carbonyl (C=O) groups is 1. The first kappa shape index (κ1) is 24.9. The van der Waals surface area contributed by atoms with Crippen LogP contribution in [0.15, 0.2) is 54.6 Å². The number of urea groups is 1. The molecule has 8 heteroatoms. The molecule has 2 aliphatic rings. The average molecular weight is 501 g/mol. The molecule has 0 bridgehead atoms. The van der Waals surface area contributed by atoms with Crippen molar-refractivity contribution in [2.24, 2.45) is 5.92 Å². The Morgan fingerprint density at radius 1 is 1.08 bits per heavy atom. The third-order valence-electron chi connectivity index (χ3n) is 7.32. The number of fused-ring (bicyclic) bond motifs is 1. The van der Waals surface area contributed by atoms with Gasteiger partial charge in [0.15, 0.2) is 0 Å². The summed E-state index contributed by atoms with van der Waals surface area (Å²) < 4.78 is 5.30. The van der Waals surface area contributed by atoms with E-state index in [9.17, 15) is 4.79 Å². The number of aromatic nitrogens is 2. The van der Waals surface area contributed by atoms with Gasteiger partial charge in [0, 0.05) is 57.0 Å². The Balaban J connectivity index is 1.40. The monoisotopic (exact) mass is 500 g/mol. The lowest BCUT2D eigenvalue weighted by Gasteiger charge is -2.36. The lowest BCUT2D eigenvalue weighted by Crippen LogP contribution is -2.41. The maximum atomic E-state index is 13.2. The van der Waals surface area contributed by atoms with Crippen LogP contribution in [0.2, 0.25) is 0 Å². The molecule has 0 unspecified atom stereocenters. The quantitative estimate of drug-likeness (QED) is 0.516. The van der Waals surface area contributed by atoms with Gasteiger partial charge >= 0.3 is 6.03 Å². The van der Waals surface area contributed by atoms with Crippen molar-refractivity contribution < 1.29 is 9.53 Å². The number of benzene rings is 2. The van der Waals surface area contributed by atoms with Gasteiger partial charge in [-0.25, -0.2) is 9.78 Å². The zero-order valence-corrected chi connectivity index (χ0v) is 22.0. The summed E-state index contributed by atoms with van der Waals surface area (Å²) in [6, 6.07) is 17.7. The molecule has 0 aliphatic carbocycles. The number of piperidine rings is 1. The van der Waals surface area contributed by atoms with Gasteiger partial charge in [-0.15, -0.1) is 0 Å². The van der Waals surface area contributed by atoms with Crippen LogP contribution < -0.4 is 19.9 Å². The molecule has 37 heavy (non-hydrogen) atoms. The van der Waals surface area contributed by atoms with Crippen molar-refractivity contribution in [2.45, 2.75) is 39.3 Å². The summed E-state index contributed by atoms with van der Waals surface area (Å²) in [5, 5.41) is 3.02. The largest absolute Gasteiger partial charge is 0.497 e. The summed E-state index contributed by atoms with van der Waals surface area (Å²) in [5.41, 5.74) is 4.05. The van der Waals surface area contributed by atoms with Crippen LogP contribution >= 0.6 is 0 Å². The first-order valence-electron chi connectivity index (χ1n) is 13.1. The van der Waals surface area contributed by atoms with E-state index in [1.807, 2.05) is 42.3 Å². The molecule has 8 nitrogen and oxygen atoms in total. The van der Waals surface area contributed by atoms with Gasteiger partial charge in [-0.05, 0) is 36.5 Å². The van der Waals surface area contributed by atoms with Gasteiger partial charge in [0.2, 0.25) is 5.95 Å². The maximum Gasteiger partial charge on any atom is 0.322 e. The number of amides is 2. The standard InChI is InChI=1S/C29H36N6O2/c1-21-12-15-34(16-13-21)27-25-20-35(29(36)30-23-10-7-11-24(18-23)37-3)17-14-26(25)31-28(32-27)33(2)19-22-8-5-4-6-9-22/h4-11,18,21H,12-17,19-20H2,1-3H3,(H,30,36). The summed E-state index contributed by atoms with van der Waals surface area (Å²) in [6.07, 6.45) is 2.99. The second-order valence-electron chi connectivity index (χ2n) is 10.1. The van der Waals surface area contributed by atoms with Crippen LogP contribution in [0.3, 0.4) is 0 Å². The molecule has 0 radical (unpaired) electrons. The van der Waals surface area contributed by atoms with Crippen molar-refractivity contribution in [3.63, 3.8) is 0 Å². The molecule has 1 saturated heterocycles.